The molecule has 1 atom stereocenters. The van der Waals surface area contributed by atoms with Gasteiger partial charge in [0.05, 0.1) is 6.04 Å². The van der Waals surface area contributed by atoms with Crippen LogP contribution in [-0.4, -0.2) is 22.9 Å². The van der Waals surface area contributed by atoms with Gasteiger partial charge in [-0.1, -0.05) is 36.9 Å². The second kappa shape index (κ2) is 6.20. The number of anilines is 1. The second-order valence-corrected chi connectivity index (χ2v) is 5.72. The fraction of sp³-hybridized carbons (Fsp3) is 0.158. The largest absolute Gasteiger partial charge is 0.444 e. The standard InChI is InChI=1S/C19H18N2O3/c1-12-13(2)21(18(22)16-9-8-15(20)10-17(12)16)19(23)24-11-14-6-4-3-5-7-14/h3-10,13H,1,11,20H2,2H3. The highest BCUT2D eigenvalue weighted by Crippen LogP contribution is 2.33. The monoisotopic (exact) mass is 322 g/mol. The van der Waals surface area contributed by atoms with Gasteiger partial charge in [-0.2, -0.15) is 0 Å². The summed E-state index contributed by atoms with van der Waals surface area (Å²) in [6, 6.07) is 13.8. The average molecular weight is 322 g/mol. The summed E-state index contributed by atoms with van der Waals surface area (Å²) in [6.45, 7) is 5.86. The molecule has 1 heterocycles. The summed E-state index contributed by atoms with van der Waals surface area (Å²) in [5.41, 5.74) is 8.94. The number of fused-ring (bicyclic) bond motifs is 1. The van der Waals surface area contributed by atoms with E-state index in [1.165, 1.54) is 0 Å². The number of nitrogens with zero attached hydrogens (tertiary/aromatic N) is 1. The Morgan fingerprint density at radius 2 is 1.92 bits per heavy atom. The quantitative estimate of drug-likeness (QED) is 0.859. The first-order chi connectivity index (χ1) is 11.5. The van der Waals surface area contributed by atoms with Gasteiger partial charge in [-0.15, -0.1) is 0 Å². The van der Waals surface area contributed by atoms with Gasteiger partial charge in [0.15, 0.2) is 0 Å². The fourth-order valence-electron chi connectivity index (χ4n) is 2.73. The van der Waals surface area contributed by atoms with Crippen LogP contribution in [0.1, 0.15) is 28.4 Å². The van der Waals surface area contributed by atoms with E-state index in [-0.39, 0.29) is 6.61 Å². The maximum atomic E-state index is 12.7. The van der Waals surface area contributed by atoms with E-state index in [0.717, 1.165) is 10.5 Å². The molecule has 0 radical (unpaired) electrons. The van der Waals surface area contributed by atoms with Crippen molar-refractivity contribution in [3.8, 4) is 0 Å². The zero-order valence-electron chi connectivity index (χ0n) is 13.4. The lowest BCUT2D eigenvalue weighted by molar-refractivity contribution is 0.0600. The molecule has 5 nitrogen and oxygen atoms in total. The van der Waals surface area contributed by atoms with Crippen LogP contribution in [-0.2, 0) is 11.3 Å². The van der Waals surface area contributed by atoms with Gasteiger partial charge in [0.2, 0.25) is 0 Å². The first-order valence-electron chi connectivity index (χ1n) is 7.62. The first-order valence-corrected chi connectivity index (χ1v) is 7.62. The van der Waals surface area contributed by atoms with Gasteiger partial charge < -0.3 is 10.5 Å². The number of hydrogen-bond donors (Lipinski definition) is 1. The van der Waals surface area contributed by atoms with E-state index in [1.807, 2.05) is 30.3 Å². The molecular formula is C19H18N2O3. The van der Waals surface area contributed by atoms with Crippen LogP contribution in [0.4, 0.5) is 10.5 Å². The van der Waals surface area contributed by atoms with Crippen LogP contribution >= 0.6 is 0 Å². The Balaban J connectivity index is 1.83. The lowest BCUT2D eigenvalue weighted by Gasteiger charge is -2.33. The minimum absolute atomic E-state index is 0.108. The van der Waals surface area contributed by atoms with E-state index in [1.54, 1.807) is 25.1 Å². The summed E-state index contributed by atoms with van der Waals surface area (Å²) in [5.74, 6) is -0.400. The number of nitrogens with two attached hydrogens (primary N) is 1. The zero-order chi connectivity index (χ0) is 17.3. The van der Waals surface area contributed by atoms with Crippen LogP contribution in [0.5, 0.6) is 0 Å². The molecular weight excluding hydrogens is 304 g/mol. The molecule has 2 aromatic rings. The Kier molecular flexibility index (Phi) is 4.08. The van der Waals surface area contributed by atoms with Crippen molar-refractivity contribution in [3.63, 3.8) is 0 Å². The molecule has 24 heavy (non-hydrogen) atoms. The number of imide groups is 1. The van der Waals surface area contributed by atoms with Crippen molar-refractivity contribution in [1.29, 1.82) is 0 Å². The molecule has 1 aliphatic rings. The number of nitrogen functional groups attached to an aromatic ring is 1. The molecule has 2 amide bonds. The highest BCUT2D eigenvalue weighted by atomic mass is 16.6. The number of carbonyl (C=O) groups excluding carboxylic acids is 2. The third-order valence-electron chi connectivity index (χ3n) is 4.13. The lowest BCUT2D eigenvalue weighted by atomic mass is 9.90. The normalized spacial score (nSPS) is 16.7. The van der Waals surface area contributed by atoms with E-state index in [0.29, 0.717) is 22.4 Å². The van der Waals surface area contributed by atoms with Gasteiger partial charge in [-0.3, -0.25) is 4.79 Å². The molecule has 3 rings (SSSR count). The van der Waals surface area contributed by atoms with E-state index >= 15 is 0 Å². The molecule has 2 N–H and O–H groups in total. The molecule has 1 aliphatic heterocycles. The van der Waals surface area contributed by atoms with E-state index in [4.69, 9.17) is 10.5 Å². The summed E-state index contributed by atoms with van der Waals surface area (Å²) >= 11 is 0. The van der Waals surface area contributed by atoms with E-state index in [2.05, 4.69) is 6.58 Å². The van der Waals surface area contributed by atoms with Crippen LogP contribution in [0.15, 0.2) is 55.1 Å². The number of hydrogen-bond acceptors (Lipinski definition) is 4. The van der Waals surface area contributed by atoms with Crippen LogP contribution < -0.4 is 5.73 Å². The van der Waals surface area contributed by atoms with Crippen molar-refractivity contribution in [3.05, 3.63) is 71.8 Å². The number of rotatable bonds is 2. The topological polar surface area (TPSA) is 72.6 Å². The minimum Gasteiger partial charge on any atom is -0.444 e. The van der Waals surface area contributed by atoms with Crippen molar-refractivity contribution >= 4 is 23.3 Å². The molecule has 0 spiro atoms. The molecule has 122 valence electrons. The van der Waals surface area contributed by atoms with Gasteiger partial charge in [-0.25, -0.2) is 9.69 Å². The molecule has 2 aromatic carbocycles. The summed E-state index contributed by atoms with van der Waals surface area (Å²) in [4.78, 5) is 26.2. The highest BCUT2D eigenvalue weighted by Gasteiger charge is 2.37. The second-order valence-electron chi connectivity index (χ2n) is 5.72. The van der Waals surface area contributed by atoms with Crippen molar-refractivity contribution in [2.24, 2.45) is 0 Å². The van der Waals surface area contributed by atoms with Gasteiger partial charge in [0.25, 0.3) is 5.91 Å². The zero-order valence-corrected chi connectivity index (χ0v) is 13.4. The predicted octanol–water partition coefficient (Wildman–Crippen LogP) is 3.46. The van der Waals surface area contributed by atoms with Crippen molar-refractivity contribution in [2.45, 2.75) is 19.6 Å². The van der Waals surface area contributed by atoms with Gasteiger partial charge in [0.1, 0.15) is 6.61 Å². The van der Waals surface area contributed by atoms with Gasteiger partial charge in [0, 0.05) is 11.3 Å². The number of carbonyl (C=O) groups is 2. The predicted molar refractivity (Wildman–Crippen MR) is 92.1 cm³/mol. The SMILES string of the molecule is C=C1c2cc(N)ccc2C(=O)N(C(=O)OCc2ccccc2)C1C. The maximum Gasteiger partial charge on any atom is 0.417 e. The number of amides is 2. The minimum atomic E-state index is -0.681. The van der Waals surface area contributed by atoms with Crippen molar-refractivity contribution in [1.82, 2.24) is 4.90 Å². The van der Waals surface area contributed by atoms with Crippen molar-refractivity contribution in [2.75, 3.05) is 5.73 Å². The smallest absolute Gasteiger partial charge is 0.417 e. The fourth-order valence-corrected chi connectivity index (χ4v) is 2.73. The molecule has 0 aliphatic carbocycles. The summed E-state index contributed by atoms with van der Waals surface area (Å²) < 4.78 is 5.30. The number of ether oxygens (including phenoxy) is 1. The Labute approximate surface area is 140 Å². The van der Waals surface area contributed by atoms with Crippen LogP contribution in [0.3, 0.4) is 0 Å². The third-order valence-corrected chi connectivity index (χ3v) is 4.13. The average Bonchev–Trinajstić information content (AvgIpc) is 2.59. The van der Waals surface area contributed by atoms with Crippen LogP contribution in [0, 0.1) is 0 Å². The Bertz CT molecular complexity index is 815. The summed E-state index contributed by atoms with van der Waals surface area (Å²) in [7, 11) is 0. The molecule has 0 saturated carbocycles. The summed E-state index contributed by atoms with van der Waals surface area (Å²) in [5, 5.41) is 0. The molecule has 5 heteroatoms. The van der Waals surface area contributed by atoms with Gasteiger partial charge in [-0.05, 0) is 41.8 Å². The van der Waals surface area contributed by atoms with E-state index < -0.39 is 18.0 Å². The molecule has 0 bridgehead atoms. The Morgan fingerprint density at radius 3 is 2.62 bits per heavy atom. The molecule has 0 aromatic heterocycles. The molecule has 0 saturated heterocycles. The van der Waals surface area contributed by atoms with E-state index in [9.17, 15) is 9.59 Å². The molecule has 0 fully saturated rings. The molecule has 1 unspecified atom stereocenters. The van der Waals surface area contributed by atoms with Gasteiger partial charge >= 0.3 is 6.09 Å². The summed E-state index contributed by atoms with van der Waals surface area (Å²) in [6.07, 6.45) is -0.681. The van der Waals surface area contributed by atoms with Crippen molar-refractivity contribution < 1.29 is 14.3 Å². The maximum absolute atomic E-state index is 12.7. The lowest BCUT2D eigenvalue weighted by Crippen LogP contribution is -2.47. The Hall–Kier alpha value is -3.08. The number of benzene rings is 2. The van der Waals surface area contributed by atoms with Crippen LogP contribution in [0.2, 0.25) is 0 Å². The third kappa shape index (κ3) is 2.76. The first kappa shape index (κ1) is 15.8. The highest BCUT2D eigenvalue weighted by molar-refractivity contribution is 6.10. The Morgan fingerprint density at radius 1 is 1.21 bits per heavy atom. The van der Waals surface area contributed by atoms with Crippen LogP contribution in [0.25, 0.3) is 5.57 Å².